The third kappa shape index (κ3) is 3.72. The van der Waals surface area contributed by atoms with Crippen LogP contribution in [0.5, 0.6) is 0 Å². The van der Waals surface area contributed by atoms with Crippen molar-refractivity contribution in [3.63, 3.8) is 0 Å². The maximum Gasteiger partial charge on any atom is 0.263 e. The standard InChI is InChI=1S/C19H25N3O4/c1-11(2)17-6-5-15(19(24)22(17)4)18(23)20-16-10-25-9-13(16)8-14-7-12(3)21-26-14/h5-7,11,13,16H,8-10H2,1-4H3,(H,20,23). The van der Waals surface area contributed by atoms with Crippen molar-refractivity contribution in [1.29, 1.82) is 0 Å². The van der Waals surface area contributed by atoms with Gasteiger partial charge in [-0.3, -0.25) is 9.59 Å². The molecule has 1 amide bonds. The van der Waals surface area contributed by atoms with Crippen LogP contribution in [0.1, 0.15) is 47.3 Å². The maximum atomic E-state index is 12.6. The van der Waals surface area contributed by atoms with Gasteiger partial charge >= 0.3 is 0 Å². The fraction of sp³-hybridized carbons (Fsp3) is 0.526. The lowest BCUT2D eigenvalue weighted by atomic mass is 9.98. The molecule has 2 unspecified atom stereocenters. The number of rotatable bonds is 5. The quantitative estimate of drug-likeness (QED) is 0.880. The molecule has 0 bridgehead atoms. The zero-order valence-electron chi connectivity index (χ0n) is 15.6. The maximum absolute atomic E-state index is 12.6. The van der Waals surface area contributed by atoms with Crippen LogP contribution >= 0.6 is 0 Å². The van der Waals surface area contributed by atoms with Crippen molar-refractivity contribution in [1.82, 2.24) is 15.0 Å². The first-order valence-corrected chi connectivity index (χ1v) is 8.87. The van der Waals surface area contributed by atoms with Gasteiger partial charge in [-0.1, -0.05) is 19.0 Å². The van der Waals surface area contributed by atoms with Crippen molar-refractivity contribution in [2.45, 2.75) is 39.2 Å². The summed E-state index contributed by atoms with van der Waals surface area (Å²) in [6.45, 7) is 6.86. The summed E-state index contributed by atoms with van der Waals surface area (Å²) >= 11 is 0. The molecular formula is C19H25N3O4. The summed E-state index contributed by atoms with van der Waals surface area (Å²) in [6.07, 6.45) is 0.635. The summed E-state index contributed by atoms with van der Waals surface area (Å²) in [5.74, 6) is 0.706. The predicted molar refractivity (Wildman–Crippen MR) is 96.3 cm³/mol. The molecule has 2 aromatic rings. The van der Waals surface area contributed by atoms with Gasteiger partial charge in [-0.2, -0.15) is 0 Å². The highest BCUT2D eigenvalue weighted by molar-refractivity contribution is 5.94. The van der Waals surface area contributed by atoms with Crippen LogP contribution in [0.3, 0.4) is 0 Å². The van der Waals surface area contributed by atoms with E-state index < -0.39 is 0 Å². The SMILES string of the molecule is Cc1cc(CC2COCC2NC(=O)c2ccc(C(C)C)n(C)c2=O)on1. The lowest BCUT2D eigenvalue weighted by molar-refractivity contribution is 0.0922. The summed E-state index contributed by atoms with van der Waals surface area (Å²) in [5.41, 5.74) is 1.59. The molecule has 1 aliphatic heterocycles. The van der Waals surface area contributed by atoms with Gasteiger partial charge in [-0.15, -0.1) is 0 Å². The minimum Gasteiger partial charge on any atom is -0.379 e. The average molecular weight is 359 g/mol. The van der Waals surface area contributed by atoms with E-state index >= 15 is 0 Å². The second-order valence-electron chi connectivity index (χ2n) is 7.21. The van der Waals surface area contributed by atoms with E-state index in [4.69, 9.17) is 9.26 Å². The molecule has 3 heterocycles. The molecule has 7 heteroatoms. The number of ether oxygens (including phenoxy) is 1. The van der Waals surface area contributed by atoms with Crippen molar-refractivity contribution in [3.8, 4) is 0 Å². The first-order valence-electron chi connectivity index (χ1n) is 8.87. The van der Waals surface area contributed by atoms with E-state index in [1.165, 1.54) is 0 Å². The Morgan fingerprint density at radius 3 is 2.81 bits per heavy atom. The van der Waals surface area contributed by atoms with Gasteiger partial charge in [-0.25, -0.2) is 0 Å². The molecule has 0 radical (unpaired) electrons. The van der Waals surface area contributed by atoms with Gasteiger partial charge in [0.1, 0.15) is 11.3 Å². The van der Waals surface area contributed by atoms with Gasteiger partial charge in [0, 0.05) is 31.1 Å². The van der Waals surface area contributed by atoms with Gasteiger partial charge in [0.05, 0.1) is 24.9 Å². The number of aromatic nitrogens is 2. The zero-order chi connectivity index (χ0) is 18.8. The molecule has 7 nitrogen and oxygen atoms in total. The summed E-state index contributed by atoms with van der Waals surface area (Å²) in [4.78, 5) is 25.2. The van der Waals surface area contributed by atoms with E-state index in [0.29, 0.717) is 19.6 Å². The number of pyridine rings is 1. The van der Waals surface area contributed by atoms with E-state index in [-0.39, 0.29) is 34.9 Å². The van der Waals surface area contributed by atoms with Crippen LogP contribution in [0, 0.1) is 12.8 Å². The van der Waals surface area contributed by atoms with Gasteiger partial charge in [0.15, 0.2) is 0 Å². The largest absolute Gasteiger partial charge is 0.379 e. The van der Waals surface area contributed by atoms with E-state index in [2.05, 4.69) is 10.5 Å². The Kier molecular flexibility index (Phi) is 5.27. The molecule has 2 aromatic heterocycles. The van der Waals surface area contributed by atoms with Crippen molar-refractivity contribution in [3.05, 3.63) is 51.3 Å². The first kappa shape index (κ1) is 18.4. The molecule has 140 valence electrons. The molecule has 1 saturated heterocycles. The number of amides is 1. The Balaban J connectivity index is 1.73. The minimum atomic E-state index is -0.366. The molecular weight excluding hydrogens is 334 g/mol. The van der Waals surface area contributed by atoms with Crippen LogP contribution in [0.15, 0.2) is 27.5 Å². The highest BCUT2D eigenvalue weighted by Crippen LogP contribution is 2.20. The monoisotopic (exact) mass is 359 g/mol. The molecule has 3 rings (SSSR count). The molecule has 26 heavy (non-hydrogen) atoms. The molecule has 1 aliphatic rings. The third-order valence-electron chi connectivity index (χ3n) is 4.83. The molecule has 0 saturated carbocycles. The predicted octanol–water partition coefficient (Wildman–Crippen LogP) is 1.79. The fourth-order valence-electron chi connectivity index (χ4n) is 3.38. The Bertz CT molecular complexity index is 853. The van der Waals surface area contributed by atoms with Gasteiger partial charge in [0.25, 0.3) is 11.5 Å². The van der Waals surface area contributed by atoms with Crippen LogP contribution in [-0.4, -0.2) is 34.9 Å². The minimum absolute atomic E-state index is 0.0880. The van der Waals surface area contributed by atoms with Crippen LogP contribution in [-0.2, 0) is 18.2 Å². The normalized spacial score (nSPS) is 19.9. The highest BCUT2D eigenvalue weighted by atomic mass is 16.5. The van der Waals surface area contributed by atoms with E-state index in [1.54, 1.807) is 17.7 Å². The van der Waals surface area contributed by atoms with Gasteiger partial charge in [-0.05, 0) is 25.0 Å². The Labute approximate surface area is 152 Å². The second kappa shape index (κ2) is 7.45. The molecule has 2 atom stereocenters. The van der Waals surface area contributed by atoms with Crippen LogP contribution < -0.4 is 10.9 Å². The summed E-state index contributed by atoms with van der Waals surface area (Å²) in [7, 11) is 1.70. The zero-order valence-corrected chi connectivity index (χ0v) is 15.6. The molecule has 0 aromatic carbocycles. The Morgan fingerprint density at radius 1 is 1.38 bits per heavy atom. The lowest BCUT2D eigenvalue weighted by Gasteiger charge is -2.19. The van der Waals surface area contributed by atoms with Crippen LogP contribution in [0.4, 0.5) is 0 Å². The van der Waals surface area contributed by atoms with Crippen molar-refractivity contribution < 1.29 is 14.1 Å². The van der Waals surface area contributed by atoms with Crippen molar-refractivity contribution in [2.75, 3.05) is 13.2 Å². The lowest BCUT2D eigenvalue weighted by Crippen LogP contribution is -2.43. The number of nitrogens with zero attached hydrogens (tertiary/aromatic N) is 2. The smallest absolute Gasteiger partial charge is 0.263 e. The fourth-order valence-corrected chi connectivity index (χ4v) is 3.38. The molecule has 0 spiro atoms. The summed E-state index contributed by atoms with van der Waals surface area (Å²) in [5, 5.41) is 6.84. The number of carbonyl (C=O) groups is 1. The van der Waals surface area contributed by atoms with E-state index in [9.17, 15) is 9.59 Å². The average Bonchev–Trinajstić information content (AvgIpc) is 3.19. The summed E-state index contributed by atoms with van der Waals surface area (Å²) < 4.78 is 12.3. The molecule has 0 aliphatic carbocycles. The first-order chi connectivity index (χ1) is 12.4. The topological polar surface area (TPSA) is 86.4 Å². The van der Waals surface area contributed by atoms with Crippen LogP contribution in [0.2, 0.25) is 0 Å². The molecule has 1 fully saturated rings. The van der Waals surface area contributed by atoms with Crippen molar-refractivity contribution >= 4 is 5.91 Å². The number of carbonyl (C=O) groups excluding carboxylic acids is 1. The number of hydrogen-bond donors (Lipinski definition) is 1. The number of nitrogens with one attached hydrogen (secondary N) is 1. The Hall–Kier alpha value is -2.41. The number of hydrogen-bond acceptors (Lipinski definition) is 5. The van der Waals surface area contributed by atoms with E-state index in [1.807, 2.05) is 32.9 Å². The van der Waals surface area contributed by atoms with E-state index in [0.717, 1.165) is 17.1 Å². The van der Waals surface area contributed by atoms with Gasteiger partial charge < -0.3 is 19.1 Å². The van der Waals surface area contributed by atoms with Crippen LogP contribution in [0.25, 0.3) is 0 Å². The van der Waals surface area contributed by atoms with Gasteiger partial charge in [0.2, 0.25) is 0 Å². The molecule has 1 N–H and O–H groups in total. The Morgan fingerprint density at radius 2 is 2.15 bits per heavy atom. The number of aryl methyl sites for hydroxylation is 1. The van der Waals surface area contributed by atoms with Crippen molar-refractivity contribution in [2.24, 2.45) is 13.0 Å². The third-order valence-corrected chi connectivity index (χ3v) is 4.83. The summed E-state index contributed by atoms with van der Waals surface area (Å²) in [6, 6.07) is 5.17. The second-order valence-corrected chi connectivity index (χ2v) is 7.21. The highest BCUT2D eigenvalue weighted by Gasteiger charge is 2.31.